The summed E-state index contributed by atoms with van der Waals surface area (Å²) in [7, 11) is 0. The van der Waals surface area contributed by atoms with Gasteiger partial charge < -0.3 is 4.90 Å². The van der Waals surface area contributed by atoms with Crippen LogP contribution in [0.5, 0.6) is 0 Å². The van der Waals surface area contributed by atoms with Crippen LogP contribution in [-0.4, -0.2) is 42.0 Å². The highest BCUT2D eigenvalue weighted by Crippen LogP contribution is 2.38. The first-order chi connectivity index (χ1) is 13.4. The second-order valence-electron chi connectivity index (χ2n) is 5.64. The lowest BCUT2D eigenvalue weighted by molar-refractivity contribution is -0.0886. The Morgan fingerprint density at radius 1 is 0.966 bits per heavy atom. The van der Waals surface area contributed by atoms with E-state index < -0.39 is 46.3 Å². The Hall–Kier alpha value is -3.53. The molecule has 0 aliphatic carbocycles. The standard InChI is InChI=1S/C19H10F6N2O2/c1-3-8-27(9-4-2)15-11-6-5-7-26-14(11)12(16(28)18(20,21)22)10-13(15)17(29)19(23,24)25/h1-2,5-7,10H,8-9H2. The molecule has 29 heavy (non-hydrogen) atoms. The lowest BCUT2D eigenvalue weighted by Crippen LogP contribution is -2.31. The molecule has 0 amide bonds. The molecule has 0 aliphatic heterocycles. The summed E-state index contributed by atoms with van der Waals surface area (Å²) in [6.45, 7) is -0.697. The third-order valence-corrected chi connectivity index (χ3v) is 3.75. The van der Waals surface area contributed by atoms with Gasteiger partial charge in [-0.15, -0.1) is 12.8 Å². The number of hydrogen-bond acceptors (Lipinski definition) is 4. The number of fused-ring (bicyclic) bond motifs is 1. The van der Waals surface area contributed by atoms with Gasteiger partial charge in [0.05, 0.1) is 35.4 Å². The lowest BCUT2D eigenvalue weighted by Gasteiger charge is -2.25. The molecule has 0 spiro atoms. The molecular weight excluding hydrogens is 402 g/mol. The van der Waals surface area contributed by atoms with Crippen molar-refractivity contribution in [3.8, 4) is 24.7 Å². The van der Waals surface area contributed by atoms with Crippen molar-refractivity contribution in [2.75, 3.05) is 18.0 Å². The van der Waals surface area contributed by atoms with Crippen LogP contribution in [0.3, 0.4) is 0 Å². The van der Waals surface area contributed by atoms with Gasteiger partial charge in [-0.3, -0.25) is 14.6 Å². The summed E-state index contributed by atoms with van der Waals surface area (Å²) in [5.74, 6) is -0.585. The van der Waals surface area contributed by atoms with Crippen molar-refractivity contribution in [2.24, 2.45) is 0 Å². The third kappa shape index (κ3) is 4.32. The summed E-state index contributed by atoms with van der Waals surface area (Å²) in [4.78, 5) is 28.5. The van der Waals surface area contributed by atoms with Gasteiger partial charge in [0.1, 0.15) is 0 Å². The molecule has 0 radical (unpaired) electrons. The summed E-state index contributed by atoms with van der Waals surface area (Å²) in [5.41, 5.74) is -3.37. The van der Waals surface area contributed by atoms with Gasteiger partial charge in [-0.1, -0.05) is 11.8 Å². The molecule has 1 aromatic carbocycles. The maximum atomic E-state index is 13.1. The monoisotopic (exact) mass is 412 g/mol. The fraction of sp³-hybridized carbons (Fsp3) is 0.211. The smallest absolute Gasteiger partial charge is 0.348 e. The molecule has 0 bridgehead atoms. The van der Waals surface area contributed by atoms with E-state index in [2.05, 4.69) is 16.8 Å². The van der Waals surface area contributed by atoms with E-state index >= 15 is 0 Å². The zero-order valence-corrected chi connectivity index (χ0v) is 14.4. The molecule has 4 nitrogen and oxygen atoms in total. The van der Waals surface area contributed by atoms with Gasteiger partial charge in [0.25, 0.3) is 11.6 Å². The molecule has 2 rings (SSSR count). The topological polar surface area (TPSA) is 50.3 Å². The second kappa shape index (κ2) is 7.84. The van der Waals surface area contributed by atoms with Crippen LogP contribution >= 0.6 is 0 Å². The molecule has 0 fully saturated rings. The van der Waals surface area contributed by atoms with Gasteiger partial charge in [-0.05, 0) is 18.2 Å². The Kier molecular flexibility index (Phi) is 5.88. The Bertz CT molecular complexity index is 1040. The minimum atomic E-state index is -5.43. The SMILES string of the molecule is C#CCN(CC#C)c1c(C(=O)C(F)(F)F)cc(C(=O)C(F)(F)F)c2ncccc12. The van der Waals surface area contributed by atoms with E-state index in [0.29, 0.717) is 0 Å². The molecule has 1 heterocycles. The van der Waals surface area contributed by atoms with Crippen LogP contribution in [0, 0.1) is 24.7 Å². The lowest BCUT2D eigenvalue weighted by atomic mass is 9.95. The second-order valence-corrected chi connectivity index (χ2v) is 5.64. The number of halogens is 6. The first-order valence-corrected chi connectivity index (χ1v) is 7.70. The minimum Gasteiger partial charge on any atom is -0.348 e. The van der Waals surface area contributed by atoms with E-state index in [9.17, 15) is 35.9 Å². The summed E-state index contributed by atoms with van der Waals surface area (Å²) in [6.07, 6.45) is 0.627. The summed E-state index contributed by atoms with van der Waals surface area (Å²) >= 11 is 0. The Labute approximate surface area is 160 Å². The van der Waals surface area contributed by atoms with Gasteiger partial charge >= 0.3 is 12.4 Å². The number of Topliss-reactive ketones (excluding diaryl/α,β-unsaturated/α-hetero) is 2. The van der Waals surface area contributed by atoms with E-state index in [1.54, 1.807) is 0 Å². The van der Waals surface area contributed by atoms with Crippen LogP contribution in [0.15, 0.2) is 24.4 Å². The predicted octanol–water partition coefficient (Wildman–Crippen LogP) is 3.80. The molecule has 0 atom stereocenters. The molecule has 0 aliphatic rings. The quantitative estimate of drug-likeness (QED) is 0.426. The molecule has 10 heteroatoms. The van der Waals surface area contributed by atoms with E-state index in [1.165, 1.54) is 6.07 Å². The number of carbonyl (C=O) groups is 2. The first-order valence-electron chi connectivity index (χ1n) is 7.70. The molecule has 2 aromatic rings. The van der Waals surface area contributed by atoms with Gasteiger partial charge in [0.2, 0.25) is 0 Å². The highest BCUT2D eigenvalue weighted by molar-refractivity contribution is 6.18. The van der Waals surface area contributed by atoms with Crippen LogP contribution in [0.25, 0.3) is 10.9 Å². The van der Waals surface area contributed by atoms with Crippen molar-refractivity contribution in [3.05, 3.63) is 35.5 Å². The van der Waals surface area contributed by atoms with Crippen LogP contribution in [0.4, 0.5) is 32.0 Å². The van der Waals surface area contributed by atoms with Crippen LogP contribution in [0.1, 0.15) is 20.7 Å². The Morgan fingerprint density at radius 3 is 1.97 bits per heavy atom. The Morgan fingerprint density at radius 2 is 1.48 bits per heavy atom. The maximum Gasteiger partial charge on any atom is 0.454 e. The van der Waals surface area contributed by atoms with E-state index in [1.807, 2.05) is 0 Å². The summed E-state index contributed by atoms with van der Waals surface area (Å²) < 4.78 is 78.4. The highest BCUT2D eigenvalue weighted by atomic mass is 19.4. The molecule has 0 saturated heterocycles. The molecular formula is C19H10F6N2O2. The van der Waals surface area contributed by atoms with E-state index in [-0.39, 0.29) is 24.5 Å². The summed E-state index contributed by atoms with van der Waals surface area (Å²) in [5, 5.41) is -0.305. The molecule has 1 aromatic heterocycles. The predicted molar refractivity (Wildman–Crippen MR) is 92.4 cm³/mol. The fourth-order valence-electron chi connectivity index (χ4n) is 2.66. The van der Waals surface area contributed by atoms with Gasteiger partial charge in [0, 0.05) is 11.6 Å². The number of terminal acetylenes is 2. The maximum absolute atomic E-state index is 13.1. The number of anilines is 1. The van der Waals surface area contributed by atoms with Crippen molar-refractivity contribution in [1.29, 1.82) is 0 Å². The van der Waals surface area contributed by atoms with Crippen molar-refractivity contribution in [3.63, 3.8) is 0 Å². The number of ketones is 2. The van der Waals surface area contributed by atoms with Crippen molar-refractivity contribution in [2.45, 2.75) is 12.4 Å². The van der Waals surface area contributed by atoms with Crippen LogP contribution in [-0.2, 0) is 0 Å². The number of pyridine rings is 1. The van der Waals surface area contributed by atoms with E-state index in [0.717, 1.165) is 17.2 Å². The average molecular weight is 412 g/mol. The summed E-state index contributed by atoms with van der Waals surface area (Å²) in [6, 6.07) is 2.58. The van der Waals surface area contributed by atoms with E-state index in [4.69, 9.17) is 12.8 Å². The van der Waals surface area contributed by atoms with Gasteiger partial charge in [-0.25, -0.2) is 0 Å². The number of alkyl halides is 6. The van der Waals surface area contributed by atoms with Gasteiger partial charge in [0.15, 0.2) is 0 Å². The average Bonchev–Trinajstić information content (AvgIpc) is 2.64. The molecule has 150 valence electrons. The van der Waals surface area contributed by atoms with Crippen molar-refractivity contribution < 1.29 is 35.9 Å². The number of aromatic nitrogens is 1. The minimum absolute atomic E-state index is 0.232. The fourth-order valence-corrected chi connectivity index (χ4v) is 2.66. The number of carbonyl (C=O) groups excluding carboxylic acids is 2. The van der Waals surface area contributed by atoms with Crippen LogP contribution < -0.4 is 4.90 Å². The normalized spacial score (nSPS) is 11.6. The Balaban J connectivity index is 3.01. The number of rotatable bonds is 5. The third-order valence-electron chi connectivity index (χ3n) is 3.75. The first kappa shape index (κ1) is 21.8. The molecule has 0 N–H and O–H groups in total. The van der Waals surface area contributed by atoms with Crippen LogP contribution in [0.2, 0.25) is 0 Å². The molecule has 0 saturated carbocycles. The number of nitrogens with zero attached hydrogens (tertiary/aromatic N) is 2. The zero-order chi connectivity index (χ0) is 22.0. The molecule has 0 unspecified atom stereocenters. The van der Waals surface area contributed by atoms with Gasteiger partial charge in [-0.2, -0.15) is 26.3 Å². The number of hydrogen-bond donors (Lipinski definition) is 0. The van der Waals surface area contributed by atoms with Crippen molar-refractivity contribution in [1.82, 2.24) is 4.98 Å². The number of benzene rings is 1. The van der Waals surface area contributed by atoms with Crippen molar-refractivity contribution >= 4 is 28.2 Å². The largest absolute Gasteiger partial charge is 0.454 e. The highest BCUT2D eigenvalue weighted by Gasteiger charge is 2.45. The zero-order valence-electron chi connectivity index (χ0n) is 14.4.